The number of aliphatic hydroxyl groups is 1. The summed E-state index contributed by atoms with van der Waals surface area (Å²) in [6.07, 6.45) is 0. The van der Waals surface area contributed by atoms with Crippen molar-refractivity contribution in [2.75, 3.05) is 0 Å². The van der Waals surface area contributed by atoms with Crippen molar-refractivity contribution in [2.45, 2.75) is 0 Å². The second kappa shape index (κ2) is 2.93. The first-order valence-electron chi connectivity index (χ1n) is 2.58. The van der Waals surface area contributed by atoms with Gasteiger partial charge in [0, 0.05) is 0 Å². The molecular formula is C7H5ClOS. The van der Waals surface area contributed by atoms with Crippen LogP contribution in [0, 0.1) is 0 Å². The third kappa shape index (κ3) is 1.24. The Morgan fingerprint density at radius 2 is 2.50 bits per heavy atom. The summed E-state index contributed by atoms with van der Waals surface area (Å²) in [5.41, 5.74) is 2.36. The average Bonchev–Trinajstić information content (AvgIpc) is 2.34. The third-order valence-electron chi connectivity index (χ3n) is 1.000. The minimum atomic E-state index is 0.0139. The highest BCUT2D eigenvalue weighted by Gasteiger charge is 2.03. The van der Waals surface area contributed by atoms with Crippen molar-refractivity contribution < 1.29 is 5.11 Å². The normalized spacial score (nSPS) is 8.90. The second-order valence-corrected chi connectivity index (χ2v) is 2.95. The van der Waals surface area contributed by atoms with Gasteiger partial charge in [0.1, 0.15) is 0 Å². The van der Waals surface area contributed by atoms with Gasteiger partial charge < -0.3 is 5.11 Å². The van der Waals surface area contributed by atoms with Crippen LogP contribution in [0.4, 0.5) is 0 Å². The molecule has 0 fully saturated rings. The summed E-state index contributed by atoms with van der Waals surface area (Å²) in [5, 5.41) is 11.4. The topological polar surface area (TPSA) is 20.2 Å². The maximum absolute atomic E-state index is 9.07. The first-order valence-corrected chi connectivity index (χ1v) is 3.84. The van der Waals surface area contributed by atoms with Crippen LogP contribution in [0.3, 0.4) is 0 Å². The fourth-order valence-corrected chi connectivity index (χ4v) is 1.61. The van der Waals surface area contributed by atoms with Crippen LogP contribution >= 0.6 is 22.9 Å². The molecule has 1 heterocycles. The predicted molar refractivity (Wildman–Crippen MR) is 44.5 cm³/mol. The van der Waals surface area contributed by atoms with Gasteiger partial charge >= 0.3 is 0 Å². The number of hydrogen-bond donors (Lipinski definition) is 1. The van der Waals surface area contributed by atoms with Crippen molar-refractivity contribution in [1.29, 1.82) is 0 Å². The van der Waals surface area contributed by atoms with Gasteiger partial charge in [-0.15, -0.1) is 11.3 Å². The summed E-state index contributed by atoms with van der Waals surface area (Å²) in [7, 11) is 0. The smallest absolute Gasteiger partial charge is 0.177 e. The highest BCUT2D eigenvalue weighted by molar-refractivity contribution is 7.11. The standard InChI is InChI=1S/C7H5ClOS/c1-2-6(9)7-5(8)3-4-10-7/h3-4,9H,1H2. The molecule has 0 aliphatic carbocycles. The van der Waals surface area contributed by atoms with Crippen LogP contribution in [-0.4, -0.2) is 5.11 Å². The highest BCUT2D eigenvalue weighted by Crippen LogP contribution is 2.26. The first-order chi connectivity index (χ1) is 4.75. The van der Waals surface area contributed by atoms with Gasteiger partial charge in [0.25, 0.3) is 0 Å². The lowest BCUT2D eigenvalue weighted by Crippen LogP contribution is -1.72. The molecule has 1 N–H and O–H groups in total. The molecule has 1 rings (SSSR count). The van der Waals surface area contributed by atoms with E-state index in [2.05, 4.69) is 12.3 Å². The summed E-state index contributed by atoms with van der Waals surface area (Å²) >= 11 is 7.04. The Morgan fingerprint density at radius 1 is 1.80 bits per heavy atom. The van der Waals surface area contributed by atoms with Crippen LogP contribution in [0.15, 0.2) is 23.8 Å². The van der Waals surface area contributed by atoms with Gasteiger partial charge in [0.2, 0.25) is 0 Å². The second-order valence-electron chi connectivity index (χ2n) is 1.62. The van der Waals surface area contributed by atoms with E-state index < -0.39 is 0 Å². The quantitative estimate of drug-likeness (QED) is 0.510. The lowest BCUT2D eigenvalue weighted by Gasteiger charge is -1.89. The van der Waals surface area contributed by atoms with Gasteiger partial charge in [-0.05, 0) is 11.4 Å². The SMILES string of the molecule is C=C=C(O)c1sccc1Cl. The summed E-state index contributed by atoms with van der Waals surface area (Å²) in [4.78, 5) is 0.622. The molecule has 0 unspecified atom stereocenters. The van der Waals surface area contributed by atoms with Crippen LogP contribution in [0.1, 0.15) is 4.88 Å². The largest absolute Gasteiger partial charge is 0.500 e. The average molecular weight is 173 g/mol. The van der Waals surface area contributed by atoms with Gasteiger partial charge in [0.15, 0.2) is 5.76 Å². The maximum atomic E-state index is 9.07. The fraction of sp³-hybridized carbons (Fsp3) is 0. The minimum Gasteiger partial charge on any atom is -0.500 e. The molecule has 0 aromatic carbocycles. The number of aliphatic hydroxyl groups excluding tert-OH is 1. The van der Waals surface area contributed by atoms with Gasteiger partial charge in [-0.3, -0.25) is 0 Å². The van der Waals surface area contributed by atoms with E-state index in [9.17, 15) is 0 Å². The molecule has 1 aromatic heterocycles. The molecule has 0 amide bonds. The van der Waals surface area contributed by atoms with Gasteiger partial charge in [0.05, 0.1) is 9.90 Å². The Labute approximate surface area is 67.9 Å². The maximum Gasteiger partial charge on any atom is 0.177 e. The lowest BCUT2D eigenvalue weighted by molar-refractivity contribution is 0.515. The molecule has 0 aliphatic heterocycles. The van der Waals surface area contributed by atoms with E-state index in [4.69, 9.17) is 16.7 Å². The summed E-state index contributed by atoms with van der Waals surface area (Å²) in [6.45, 7) is 3.29. The molecule has 0 atom stereocenters. The Kier molecular flexibility index (Phi) is 2.17. The van der Waals surface area contributed by atoms with Crippen LogP contribution in [-0.2, 0) is 0 Å². The van der Waals surface area contributed by atoms with Crippen molar-refractivity contribution >= 4 is 28.7 Å². The van der Waals surface area contributed by atoms with Gasteiger partial charge in [-0.25, -0.2) is 0 Å². The molecule has 0 saturated heterocycles. The van der Waals surface area contributed by atoms with Crippen LogP contribution < -0.4 is 0 Å². The summed E-state index contributed by atoms with van der Waals surface area (Å²) in [6, 6.07) is 1.72. The molecule has 1 aromatic rings. The van der Waals surface area contributed by atoms with Crippen molar-refractivity contribution in [2.24, 2.45) is 0 Å². The Hall–Kier alpha value is -0.690. The number of hydrogen-bond acceptors (Lipinski definition) is 2. The van der Waals surface area contributed by atoms with E-state index in [0.717, 1.165) is 0 Å². The van der Waals surface area contributed by atoms with Gasteiger partial charge in [-0.2, -0.15) is 0 Å². The lowest BCUT2D eigenvalue weighted by atomic mass is 10.4. The van der Waals surface area contributed by atoms with E-state index in [1.165, 1.54) is 11.3 Å². The number of rotatable bonds is 1. The molecule has 1 nitrogen and oxygen atoms in total. The zero-order valence-corrected chi connectivity index (χ0v) is 6.67. The zero-order valence-electron chi connectivity index (χ0n) is 5.10. The van der Waals surface area contributed by atoms with E-state index in [0.29, 0.717) is 9.90 Å². The molecule has 10 heavy (non-hydrogen) atoms. The monoisotopic (exact) mass is 172 g/mol. The van der Waals surface area contributed by atoms with Crippen LogP contribution in [0.25, 0.3) is 5.76 Å². The van der Waals surface area contributed by atoms with Crippen molar-refractivity contribution in [3.8, 4) is 0 Å². The van der Waals surface area contributed by atoms with E-state index in [1.807, 2.05) is 0 Å². The van der Waals surface area contributed by atoms with Crippen molar-refractivity contribution in [3.63, 3.8) is 0 Å². The third-order valence-corrected chi connectivity index (χ3v) is 2.35. The van der Waals surface area contributed by atoms with Crippen LogP contribution in [0.5, 0.6) is 0 Å². The van der Waals surface area contributed by atoms with E-state index >= 15 is 0 Å². The minimum absolute atomic E-state index is 0.0139. The highest BCUT2D eigenvalue weighted by atomic mass is 35.5. The Bertz CT molecular complexity index is 284. The molecular weight excluding hydrogens is 168 g/mol. The number of halogens is 1. The molecule has 0 saturated carbocycles. The van der Waals surface area contributed by atoms with Crippen LogP contribution in [0.2, 0.25) is 5.02 Å². The van der Waals surface area contributed by atoms with Crippen molar-refractivity contribution in [3.05, 3.63) is 33.7 Å². The molecule has 3 heteroatoms. The number of thiophene rings is 1. The molecule has 0 aliphatic rings. The Balaban J connectivity index is 3.17. The van der Waals surface area contributed by atoms with E-state index in [1.54, 1.807) is 11.4 Å². The first kappa shape index (κ1) is 7.42. The predicted octanol–water partition coefficient (Wildman–Crippen LogP) is 3.09. The Morgan fingerprint density at radius 3 is 2.90 bits per heavy atom. The van der Waals surface area contributed by atoms with Crippen molar-refractivity contribution in [1.82, 2.24) is 0 Å². The molecule has 0 bridgehead atoms. The summed E-state index contributed by atoms with van der Waals surface area (Å²) < 4.78 is 0. The molecule has 0 spiro atoms. The molecule has 0 radical (unpaired) electrons. The zero-order chi connectivity index (χ0) is 7.56. The fourth-order valence-electron chi connectivity index (χ4n) is 0.543. The van der Waals surface area contributed by atoms with Gasteiger partial charge in [-0.1, -0.05) is 23.9 Å². The summed E-state index contributed by atoms with van der Waals surface area (Å²) in [5.74, 6) is 0.0139. The van der Waals surface area contributed by atoms with E-state index in [-0.39, 0.29) is 5.76 Å². The molecule has 52 valence electrons.